The van der Waals surface area contributed by atoms with Crippen LogP contribution in [0.4, 0.5) is 0 Å². The first-order valence-electron chi connectivity index (χ1n) is 5.74. The molecule has 2 heterocycles. The summed E-state index contributed by atoms with van der Waals surface area (Å²) in [5.74, 6) is -0.271. The van der Waals surface area contributed by atoms with Gasteiger partial charge in [-0.15, -0.1) is 11.3 Å². The van der Waals surface area contributed by atoms with Crippen LogP contribution in [0.3, 0.4) is 0 Å². The van der Waals surface area contributed by atoms with Crippen LogP contribution in [0, 0.1) is 13.8 Å². The van der Waals surface area contributed by atoms with E-state index in [-0.39, 0.29) is 16.9 Å². The number of carbonyl (C=O) groups is 1. The molecule has 0 spiro atoms. The third-order valence-electron chi connectivity index (χ3n) is 3.19. The fraction of sp³-hybridized carbons (Fsp3) is 0.154. The Balaban J connectivity index is 2.22. The van der Waals surface area contributed by atoms with Gasteiger partial charge in [-0.2, -0.15) is 0 Å². The number of aromatic amines is 2. The van der Waals surface area contributed by atoms with Gasteiger partial charge in [-0.05, 0) is 31.5 Å². The molecule has 0 aliphatic rings. The number of rotatable bonds is 2. The molecule has 3 rings (SSSR count). The molecule has 0 atom stereocenters. The molecule has 0 aliphatic carbocycles. The lowest BCUT2D eigenvalue weighted by molar-refractivity contribution is 0.103. The van der Waals surface area contributed by atoms with Crippen molar-refractivity contribution in [3.05, 3.63) is 50.4 Å². The van der Waals surface area contributed by atoms with Gasteiger partial charge in [-0.3, -0.25) is 14.7 Å². The van der Waals surface area contributed by atoms with Crippen LogP contribution in [-0.4, -0.2) is 21.0 Å². The van der Waals surface area contributed by atoms with Crippen molar-refractivity contribution < 1.29 is 4.79 Å². The van der Waals surface area contributed by atoms with Crippen LogP contribution < -0.4 is 5.56 Å². The molecule has 5 nitrogen and oxygen atoms in total. The summed E-state index contributed by atoms with van der Waals surface area (Å²) in [6.07, 6.45) is 0. The number of aryl methyl sites for hydroxylation is 2. The fourth-order valence-corrected chi connectivity index (χ4v) is 2.90. The Morgan fingerprint density at radius 3 is 2.74 bits per heavy atom. The van der Waals surface area contributed by atoms with Gasteiger partial charge in [0.05, 0.1) is 15.7 Å². The van der Waals surface area contributed by atoms with Crippen LogP contribution in [0.1, 0.15) is 27.2 Å². The summed E-state index contributed by atoms with van der Waals surface area (Å²) in [7, 11) is 0. The van der Waals surface area contributed by atoms with E-state index in [1.54, 1.807) is 18.5 Å². The number of nitrogens with zero attached hydrogens (tertiary/aromatic N) is 1. The first-order valence-corrected chi connectivity index (χ1v) is 6.62. The molecule has 0 aliphatic heterocycles. The molecule has 2 N–H and O–H groups in total. The molecule has 0 saturated carbocycles. The van der Waals surface area contributed by atoms with Gasteiger partial charge in [0.25, 0.3) is 5.56 Å². The molecule has 19 heavy (non-hydrogen) atoms. The van der Waals surface area contributed by atoms with Gasteiger partial charge >= 0.3 is 0 Å². The highest BCUT2D eigenvalue weighted by atomic mass is 32.1. The van der Waals surface area contributed by atoms with E-state index < -0.39 is 0 Å². The SMILES string of the molecule is Cc1[nH][nH]c(=O)c1C(=O)c1ccc2scnc2c1C. The smallest absolute Gasteiger partial charge is 0.275 e. The van der Waals surface area contributed by atoms with Crippen LogP contribution in [-0.2, 0) is 0 Å². The minimum Gasteiger partial charge on any atom is -0.302 e. The minimum atomic E-state index is -0.389. The van der Waals surface area contributed by atoms with E-state index in [1.807, 2.05) is 13.0 Å². The van der Waals surface area contributed by atoms with Crippen molar-refractivity contribution >= 4 is 27.3 Å². The normalized spacial score (nSPS) is 11.1. The summed E-state index contributed by atoms with van der Waals surface area (Å²) in [6.45, 7) is 3.55. The van der Waals surface area contributed by atoms with Crippen LogP contribution in [0.15, 0.2) is 22.4 Å². The number of nitrogens with one attached hydrogen (secondary N) is 2. The van der Waals surface area contributed by atoms with E-state index in [0.29, 0.717) is 11.3 Å². The molecule has 0 bridgehead atoms. The summed E-state index contributed by atoms with van der Waals surface area (Å²) in [4.78, 5) is 28.4. The molecule has 0 radical (unpaired) electrons. The maximum absolute atomic E-state index is 12.5. The zero-order chi connectivity index (χ0) is 13.6. The van der Waals surface area contributed by atoms with Gasteiger partial charge in [-0.25, -0.2) is 4.98 Å². The van der Waals surface area contributed by atoms with E-state index in [4.69, 9.17) is 0 Å². The number of hydrogen-bond acceptors (Lipinski definition) is 4. The number of fused-ring (bicyclic) bond motifs is 1. The first-order chi connectivity index (χ1) is 9.09. The Bertz CT molecular complexity index is 841. The second-order valence-electron chi connectivity index (χ2n) is 4.35. The Hall–Kier alpha value is -2.21. The van der Waals surface area contributed by atoms with Crippen LogP contribution in [0.25, 0.3) is 10.2 Å². The standard InChI is InChI=1S/C13H11N3O2S/c1-6-8(3-4-9-11(6)14-5-19-9)12(17)10-7(2)15-16-13(10)18/h3-5H,1-2H3,(H2,15,16,18). The van der Waals surface area contributed by atoms with Crippen molar-refractivity contribution in [3.63, 3.8) is 0 Å². The second-order valence-corrected chi connectivity index (χ2v) is 5.23. The maximum atomic E-state index is 12.5. The Kier molecular flexibility index (Phi) is 2.60. The Labute approximate surface area is 112 Å². The summed E-state index contributed by atoms with van der Waals surface area (Å²) >= 11 is 1.53. The first kappa shape index (κ1) is 11.9. The number of H-pyrrole nitrogens is 2. The van der Waals surface area contributed by atoms with Crippen molar-refractivity contribution in [3.8, 4) is 0 Å². The van der Waals surface area contributed by atoms with Crippen molar-refractivity contribution in [2.45, 2.75) is 13.8 Å². The second kappa shape index (κ2) is 4.17. The molecule has 1 aromatic carbocycles. The Morgan fingerprint density at radius 1 is 1.26 bits per heavy atom. The molecule has 0 saturated heterocycles. The quantitative estimate of drug-likeness (QED) is 0.702. The van der Waals surface area contributed by atoms with Crippen molar-refractivity contribution in [1.82, 2.24) is 15.2 Å². The van der Waals surface area contributed by atoms with E-state index in [1.165, 1.54) is 11.3 Å². The topological polar surface area (TPSA) is 78.6 Å². The molecule has 6 heteroatoms. The van der Waals surface area contributed by atoms with Crippen LogP contribution in [0.2, 0.25) is 0 Å². The van der Waals surface area contributed by atoms with Gasteiger partial charge in [0.2, 0.25) is 5.78 Å². The average Bonchev–Trinajstić information content (AvgIpc) is 2.97. The van der Waals surface area contributed by atoms with Crippen LogP contribution >= 0.6 is 11.3 Å². The van der Waals surface area contributed by atoms with Gasteiger partial charge in [0.1, 0.15) is 5.56 Å². The minimum absolute atomic E-state index is 0.165. The lowest BCUT2D eigenvalue weighted by Gasteiger charge is -2.04. The van der Waals surface area contributed by atoms with Crippen molar-refractivity contribution in [2.24, 2.45) is 0 Å². The zero-order valence-corrected chi connectivity index (χ0v) is 11.2. The fourth-order valence-electron chi connectivity index (χ4n) is 2.17. The van der Waals surface area contributed by atoms with Gasteiger partial charge in [0.15, 0.2) is 0 Å². The lowest BCUT2D eigenvalue weighted by atomic mass is 9.99. The molecule has 0 unspecified atom stereocenters. The molecule has 3 aromatic rings. The molecular weight excluding hydrogens is 262 g/mol. The number of carbonyl (C=O) groups excluding carboxylic acids is 1. The monoisotopic (exact) mass is 273 g/mol. The summed E-state index contributed by atoms with van der Waals surface area (Å²) in [5, 5.41) is 5.09. The van der Waals surface area contributed by atoms with Gasteiger partial charge in [-0.1, -0.05) is 0 Å². The van der Waals surface area contributed by atoms with Gasteiger partial charge < -0.3 is 5.10 Å². The third-order valence-corrected chi connectivity index (χ3v) is 3.99. The molecule has 0 fully saturated rings. The molecule has 0 amide bonds. The number of thiazole rings is 1. The number of benzene rings is 1. The summed E-state index contributed by atoms with van der Waals surface area (Å²) < 4.78 is 1.04. The summed E-state index contributed by atoms with van der Waals surface area (Å²) in [6, 6.07) is 3.62. The largest absolute Gasteiger partial charge is 0.302 e. The zero-order valence-electron chi connectivity index (χ0n) is 10.4. The highest BCUT2D eigenvalue weighted by Crippen LogP contribution is 2.25. The van der Waals surface area contributed by atoms with Gasteiger partial charge in [0, 0.05) is 11.3 Å². The lowest BCUT2D eigenvalue weighted by Crippen LogP contribution is -2.15. The number of ketones is 1. The van der Waals surface area contributed by atoms with E-state index in [2.05, 4.69) is 15.2 Å². The van der Waals surface area contributed by atoms with Crippen molar-refractivity contribution in [1.29, 1.82) is 0 Å². The highest BCUT2D eigenvalue weighted by molar-refractivity contribution is 7.16. The predicted molar refractivity (Wildman–Crippen MR) is 73.9 cm³/mol. The maximum Gasteiger partial charge on any atom is 0.275 e. The van der Waals surface area contributed by atoms with Crippen molar-refractivity contribution in [2.75, 3.05) is 0 Å². The summed E-state index contributed by atoms with van der Waals surface area (Å²) in [5.41, 5.74) is 4.22. The molecular formula is C13H11N3O2S. The van der Waals surface area contributed by atoms with E-state index >= 15 is 0 Å². The highest BCUT2D eigenvalue weighted by Gasteiger charge is 2.20. The predicted octanol–water partition coefficient (Wildman–Crippen LogP) is 2.16. The van der Waals surface area contributed by atoms with E-state index in [9.17, 15) is 9.59 Å². The van der Waals surface area contributed by atoms with E-state index in [0.717, 1.165) is 15.8 Å². The number of hydrogen-bond donors (Lipinski definition) is 2. The Morgan fingerprint density at radius 2 is 2.05 bits per heavy atom. The number of aromatic nitrogens is 3. The molecule has 96 valence electrons. The average molecular weight is 273 g/mol. The van der Waals surface area contributed by atoms with Crippen LogP contribution in [0.5, 0.6) is 0 Å². The molecule has 2 aromatic heterocycles. The third kappa shape index (κ3) is 1.72.